The summed E-state index contributed by atoms with van der Waals surface area (Å²) in [4.78, 5) is 16.9. The summed E-state index contributed by atoms with van der Waals surface area (Å²) >= 11 is 0. The van der Waals surface area contributed by atoms with Crippen LogP contribution < -0.4 is 19.1 Å². The fourth-order valence-corrected chi connectivity index (χ4v) is 5.76. The lowest BCUT2D eigenvalue weighted by Crippen LogP contribution is -2.55. The number of alkyl halides is 3. The minimum Gasteiger partial charge on any atom is -0.493 e. The van der Waals surface area contributed by atoms with Gasteiger partial charge in [0.2, 0.25) is 15.9 Å². The lowest BCUT2D eigenvalue weighted by Gasteiger charge is -2.38. The number of methoxy groups -OCH3 is 2. The Bertz CT molecular complexity index is 1430. The second-order valence-corrected chi connectivity index (χ2v) is 11.0. The van der Waals surface area contributed by atoms with Gasteiger partial charge in [0.15, 0.2) is 11.5 Å². The maximum atomic E-state index is 13.7. The van der Waals surface area contributed by atoms with Crippen molar-refractivity contribution in [1.29, 1.82) is 0 Å². The number of ether oxygens (including phenoxy) is 2. The van der Waals surface area contributed by atoms with Crippen molar-refractivity contribution in [1.82, 2.24) is 9.62 Å². The van der Waals surface area contributed by atoms with Gasteiger partial charge in [0.25, 0.3) is 0 Å². The summed E-state index contributed by atoms with van der Waals surface area (Å²) in [6, 6.07) is 17.1. The Morgan fingerprint density at radius 3 is 2.20 bits per heavy atom. The molecule has 1 saturated heterocycles. The van der Waals surface area contributed by atoms with Crippen LogP contribution in [-0.4, -0.2) is 65.7 Å². The van der Waals surface area contributed by atoms with Crippen molar-refractivity contribution < 1.29 is 35.9 Å². The van der Waals surface area contributed by atoms with E-state index in [0.717, 1.165) is 17.7 Å². The van der Waals surface area contributed by atoms with E-state index in [1.54, 1.807) is 35.2 Å². The van der Waals surface area contributed by atoms with Gasteiger partial charge in [0.05, 0.1) is 24.7 Å². The lowest BCUT2D eigenvalue weighted by molar-refractivity contribution is -0.137. The first-order valence-electron chi connectivity index (χ1n) is 12.5. The molecular weight excluding hydrogens is 547 g/mol. The fraction of sp³-hybridized carbons (Fsp3) is 0.321. The molecule has 0 bridgehead atoms. The number of carbonyl (C=O) groups is 1. The molecule has 1 fully saturated rings. The Labute approximate surface area is 231 Å². The zero-order valence-corrected chi connectivity index (χ0v) is 22.8. The Balaban J connectivity index is 1.52. The molecule has 1 unspecified atom stereocenters. The quantitative estimate of drug-likeness (QED) is 0.414. The highest BCUT2D eigenvalue weighted by Gasteiger charge is 2.33. The molecular formula is C28H30F3N3O5S. The van der Waals surface area contributed by atoms with Crippen molar-refractivity contribution in [3.63, 3.8) is 0 Å². The van der Waals surface area contributed by atoms with Crippen molar-refractivity contribution in [2.45, 2.75) is 23.5 Å². The van der Waals surface area contributed by atoms with Crippen LogP contribution in [0.5, 0.6) is 11.5 Å². The van der Waals surface area contributed by atoms with E-state index in [2.05, 4.69) is 4.72 Å². The number of anilines is 1. The zero-order chi connectivity index (χ0) is 28.9. The fourth-order valence-electron chi connectivity index (χ4n) is 4.55. The van der Waals surface area contributed by atoms with Crippen molar-refractivity contribution in [3.8, 4) is 11.5 Å². The summed E-state index contributed by atoms with van der Waals surface area (Å²) in [5.41, 5.74) is 0.436. The number of rotatable bonds is 9. The predicted molar refractivity (Wildman–Crippen MR) is 144 cm³/mol. The van der Waals surface area contributed by atoms with Crippen molar-refractivity contribution in [2.24, 2.45) is 0 Å². The Kier molecular flexibility index (Phi) is 8.89. The maximum absolute atomic E-state index is 13.7. The van der Waals surface area contributed by atoms with Gasteiger partial charge in [-0.3, -0.25) is 4.79 Å². The molecule has 1 aliphatic heterocycles. The molecule has 3 aromatic rings. The average molecular weight is 578 g/mol. The van der Waals surface area contributed by atoms with Crippen LogP contribution in [0.25, 0.3) is 0 Å². The van der Waals surface area contributed by atoms with Gasteiger partial charge >= 0.3 is 6.18 Å². The number of carbonyl (C=O) groups excluding carboxylic acids is 1. The van der Waals surface area contributed by atoms with Gasteiger partial charge < -0.3 is 19.3 Å². The molecule has 0 spiro atoms. The number of nitrogens with zero attached hydrogens (tertiary/aromatic N) is 2. The molecule has 1 amide bonds. The summed E-state index contributed by atoms with van der Waals surface area (Å²) in [5, 5.41) is 0. The molecule has 40 heavy (non-hydrogen) atoms. The largest absolute Gasteiger partial charge is 0.493 e. The minimum atomic E-state index is -4.45. The van der Waals surface area contributed by atoms with Crippen LogP contribution in [0, 0.1) is 0 Å². The number of hydrogen-bond donors (Lipinski definition) is 1. The second kappa shape index (κ2) is 12.2. The van der Waals surface area contributed by atoms with E-state index in [1.807, 2.05) is 6.07 Å². The highest BCUT2D eigenvalue weighted by atomic mass is 32.2. The standard InChI is InChI=1S/C28H30F3N3O5S/c1-38-25-12-11-23(19-26(25)39-2)40(36,37)32-24(17-20-7-4-3-5-8-20)27(35)34-15-13-33(14-16-34)22-10-6-9-21(18-22)28(29,30)31/h3-12,18-19,24,32H,13-17H2,1-2H3. The number of amides is 1. The Hall–Kier alpha value is -3.77. The molecule has 0 aliphatic carbocycles. The highest BCUT2D eigenvalue weighted by Crippen LogP contribution is 2.32. The van der Waals surface area contributed by atoms with Crippen molar-refractivity contribution >= 4 is 21.6 Å². The predicted octanol–water partition coefficient (Wildman–Crippen LogP) is 3.96. The lowest BCUT2D eigenvalue weighted by atomic mass is 10.1. The molecule has 0 aromatic heterocycles. The van der Waals surface area contributed by atoms with E-state index >= 15 is 0 Å². The molecule has 8 nitrogen and oxygen atoms in total. The van der Waals surface area contributed by atoms with Crippen LogP contribution >= 0.6 is 0 Å². The van der Waals surface area contributed by atoms with E-state index < -0.39 is 33.7 Å². The molecule has 12 heteroatoms. The molecule has 0 radical (unpaired) electrons. The number of piperazine rings is 1. The topological polar surface area (TPSA) is 88.2 Å². The normalized spacial score (nSPS) is 15.0. The number of nitrogens with one attached hydrogen (secondary N) is 1. The molecule has 4 rings (SSSR count). The summed E-state index contributed by atoms with van der Waals surface area (Å²) in [6.07, 6.45) is -4.34. The van der Waals surface area contributed by atoms with Crippen molar-refractivity contribution in [2.75, 3.05) is 45.3 Å². The molecule has 0 saturated carbocycles. The third kappa shape index (κ3) is 6.86. The zero-order valence-electron chi connectivity index (χ0n) is 22.0. The van der Waals surface area contributed by atoms with Crippen LogP contribution in [0.2, 0.25) is 0 Å². The van der Waals surface area contributed by atoms with Crippen molar-refractivity contribution in [3.05, 3.63) is 83.9 Å². The van der Waals surface area contributed by atoms with Crippen LogP contribution in [0.4, 0.5) is 18.9 Å². The average Bonchev–Trinajstić information content (AvgIpc) is 2.96. The van der Waals surface area contributed by atoms with E-state index in [1.165, 1.54) is 43.4 Å². The van der Waals surface area contributed by atoms with Gasteiger partial charge in [-0.1, -0.05) is 36.4 Å². The third-order valence-corrected chi connectivity index (χ3v) is 8.14. The molecule has 1 atom stereocenters. The first-order chi connectivity index (χ1) is 19.0. The van der Waals surface area contributed by atoms with Gasteiger partial charge in [-0.25, -0.2) is 8.42 Å². The molecule has 3 aromatic carbocycles. The summed E-state index contributed by atoms with van der Waals surface area (Å²) in [5.74, 6) is 0.163. The van der Waals surface area contributed by atoms with Gasteiger partial charge in [0, 0.05) is 37.9 Å². The maximum Gasteiger partial charge on any atom is 0.416 e. The smallest absolute Gasteiger partial charge is 0.416 e. The Morgan fingerprint density at radius 2 is 1.57 bits per heavy atom. The summed E-state index contributed by atoms with van der Waals surface area (Å²) in [6.45, 7) is 1.04. The number of sulfonamides is 1. The monoisotopic (exact) mass is 577 g/mol. The molecule has 1 aliphatic rings. The number of halogens is 3. The van der Waals surface area contributed by atoms with Gasteiger partial charge in [-0.05, 0) is 42.3 Å². The summed E-state index contributed by atoms with van der Waals surface area (Å²) < 4.78 is 79.2. The first kappa shape index (κ1) is 29.2. The van der Waals surface area contributed by atoms with Crippen LogP contribution in [0.15, 0.2) is 77.7 Å². The molecule has 214 valence electrons. The van der Waals surface area contributed by atoms with Crippen LogP contribution in [0.3, 0.4) is 0 Å². The van der Waals surface area contributed by atoms with Gasteiger partial charge in [-0.15, -0.1) is 0 Å². The first-order valence-corrected chi connectivity index (χ1v) is 14.0. The van der Waals surface area contributed by atoms with Crippen LogP contribution in [0.1, 0.15) is 11.1 Å². The molecule has 1 N–H and O–H groups in total. The number of hydrogen-bond acceptors (Lipinski definition) is 6. The van der Waals surface area contributed by atoms with Gasteiger partial charge in [0.1, 0.15) is 6.04 Å². The van der Waals surface area contributed by atoms with E-state index in [-0.39, 0.29) is 30.2 Å². The SMILES string of the molecule is COc1ccc(S(=O)(=O)NC(Cc2ccccc2)C(=O)N2CCN(c3cccc(C(F)(F)F)c3)CC2)cc1OC. The van der Waals surface area contributed by atoms with Crippen LogP contribution in [-0.2, 0) is 27.4 Å². The second-order valence-electron chi connectivity index (χ2n) is 9.24. The van der Waals surface area contributed by atoms with E-state index in [9.17, 15) is 26.4 Å². The highest BCUT2D eigenvalue weighted by molar-refractivity contribution is 7.89. The summed E-state index contributed by atoms with van der Waals surface area (Å²) in [7, 11) is -1.32. The minimum absolute atomic E-state index is 0.0922. The van der Waals surface area contributed by atoms with E-state index in [0.29, 0.717) is 24.5 Å². The van der Waals surface area contributed by atoms with E-state index in [4.69, 9.17) is 9.47 Å². The Morgan fingerprint density at radius 1 is 0.900 bits per heavy atom. The van der Waals surface area contributed by atoms with Gasteiger partial charge in [-0.2, -0.15) is 17.9 Å². The third-order valence-electron chi connectivity index (χ3n) is 6.67. The number of benzene rings is 3. The molecule has 1 heterocycles.